The Morgan fingerprint density at radius 3 is 2.19 bits per heavy atom. The van der Waals surface area contributed by atoms with E-state index in [1.165, 1.54) is 0 Å². The highest BCUT2D eigenvalue weighted by molar-refractivity contribution is 7.89. The predicted molar refractivity (Wildman–Crippen MR) is 136 cm³/mol. The molecular formula is C25H30F3N5O3S. The molecule has 0 spiro atoms. The molecule has 8 nitrogen and oxygen atoms in total. The Bertz CT molecular complexity index is 1310. The molecule has 2 aromatic carbocycles. The molecule has 1 heterocycles. The molecule has 1 aliphatic carbocycles. The number of aromatic nitrogens is 2. The van der Waals surface area contributed by atoms with Crippen LogP contribution in [0.25, 0.3) is 10.9 Å². The van der Waals surface area contributed by atoms with E-state index in [4.69, 9.17) is 0 Å². The summed E-state index contributed by atoms with van der Waals surface area (Å²) in [5, 5.41) is 4.36. The number of benzene rings is 2. The van der Waals surface area contributed by atoms with Gasteiger partial charge in [-0.15, -0.1) is 13.2 Å². The Balaban J connectivity index is 1.26. The van der Waals surface area contributed by atoms with E-state index < -0.39 is 22.1 Å². The van der Waals surface area contributed by atoms with Gasteiger partial charge in [-0.2, -0.15) is 4.98 Å². The molecule has 3 aromatic rings. The second-order valence-corrected chi connectivity index (χ2v) is 11.2. The van der Waals surface area contributed by atoms with E-state index >= 15 is 0 Å². The van der Waals surface area contributed by atoms with E-state index in [1.807, 2.05) is 43.3 Å². The Morgan fingerprint density at radius 2 is 1.57 bits per heavy atom. The summed E-state index contributed by atoms with van der Waals surface area (Å²) >= 11 is 0. The first kappa shape index (κ1) is 26.9. The first-order chi connectivity index (χ1) is 17.5. The number of ether oxygens (including phenoxy) is 1. The molecule has 0 bridgehead atoms. The molecule has 1 saturated carbocycles. The molecule has 200 valence electrons. The predicted octanol–water partition coefficient (Wildman–Crippen LogP) is 4.79. The third-order valence-corrected chi connectivity index (χ3v) is 7.89. The van der Waals surface area contributed by atoms with E-state index in [9.17, 15) is 21.6 Å². The van der Waals surface area contributed by atoms with Crippen LogP contribution in [0, 0.1) is 11.8 Å². The molecule has 37 heavy (non-hydrogen) atoms. The van der Waals surface area contributed by atoms with Crippen molar-refractivity contribution in [3.63, 3.8) is 0 Å². The topological polar surface area (TPSA) is 96.5 Å². The first-order valence-electron chi connectivity index (χ1n) is 12.0. The molecule has 0 aliphatic heterocycles. The van der Waals surface area contributed by atoms with Gasteiger partial charge >= 0.3 is 6.36 Å². The van der Waals surface area contributed by atoms with Gasteiger partial charge in [-0.05, 0) is 73.9 Å². The lowest BCUT2D eigenvalue weighted by Crippen LogP contribution is -2.32. The number of nitrogens with zero attached hydrogens (tertiary/aromatic N) is 3. The van der Waals surface area contributed by atoms with Crippen LogP contribution < -0.4 is 19.7 Å². The number of anilines is 2. The second-order valence-electron chi connectivity index (χ2n) is 9.42. The van der Waals surface area contributed by atoms with Crippen molar-refractivity contribution in [3.8, 4) is 5.75 Å². The zero-order valence-electron chi connectivity index (χ0n) is 20.6. The summed E-state index contributed by atoms with van der Waals surface area (Å²) in [7, 11) is 0.0710. The van der Waals surface area contributed by atoms with E-state index in [-0.39, 0.29) is 17.4 Å². The summed E-state index contributed by atoms with van der Waals surface area (Å²) in [6.45, 7) is 1.01. The Hall–Kier alpha value is -3.12. The molecule has 0 saturated heterocycles. The summed E-state index contributed by atoms with van der Waals surface area (Å²) in [6.07, 6.45) is -1.21. The number of rotatable bonds is 9. The van der Waals surface area contributed by atoms with Crippen molar-refractivity contribution in [1.82, 2.24) is 14.7 Å². The normalized spacial score (nSPS) is 18.5. The lowest BCUT2D eigenvalue weighted by Gasteiger charge is -2.28. The minimum atomic E-state index is -4.83. The van der Waals surface area contributed by atoms with Crippen molar-refractivity contribution in [2.75, 3.05) is 37.4 Å². The summed E-state index contributed by atoms with van der Waals surface area (Å²) in [6, 6.07) is 12.1. The molecule has 1 fully saturated rings. The number of para-hydroxylation sites is 1. The van der Waals surface area contributed by atoms with Crippen LogP contribution in [0.2, 0.25) is 0 Å². The van der Waals surface area contributed by atoms with Crippen molar-refractivity contribution in [2.45, 2.75) is 36.9 Å². The number of halogens is 3. The molecule has 12 heteroatoms. The highest BCUT2D eigenvalue weighted by atomic mass is 32.2. The average Bonchev–Trinajstić information content (AvgIpc) is 2.85. The molecular weight excluding hydrogens is 507 g/mol. The molecule has 1 aromatic heterocycles. The fourth-order valence-electron chi connectivity index (χ4n) is 4.49. The molecule has 0 amide bonds. The van der Waals surface area contributed by atoms with Gasteiger partial charge in [-0.25, -0.2) is 18.1 Å². The number of nitrogens with one attached hydrogen (secondary N) is 2. The van der Waals surface area contributed by atoms with Crippen molar-refractivity contribution in [1.29, 1.82) is 0 Å². The first-order valence-corrected chi connectivity index (χ1v) is 13.5. The Labute approximate surface area is 214 Å². The maximum atomic E-state index is 12.6. The Kier molecular flexibility index (Phi) is 8.08. The van der Waals surface area contributed by atoms with Gasteiger partial charge in [0.15, 0.2) is 0 Å². The lowest BCUT2D eigenvalue weighted by molar-refractivity contribution is -0.274. The number of fused-ring (bicyclic) bond motifs is 1. The molecule has 4 rings (SSSR count). The summed E-state index contributed by atoms with van der Waals surface area (Å²) in [5.41, 5.74) is 0.877. The minimum absolute atomic E-state index is 0.104. The fraction of sp³-hybridized carbons (Fsp3) is 0.440. The summed E-state index contributed by atoms with van der Waals surface area (Å²) in [4.78, 5) is 11.2. The molecule has 0 unspecified atom stereocenters. The van der Waals surface area contributed by atoms with Crippen LogP contribution in [0.15, 0.2) is 53.4 Å². The average molecular weight is 538 g/mol. The molecule has 2 N–H and O–H groups in total. The quantitative estimate of drug-likeness (QED) is 0.405. The van der Waals surface area contributed by atoms with Gasteiger partial charge in [0.2, 0.25) is 16.0 Å². The van der Waals surface area contributed by atoms with Crippen LogP contribution in [0.4, 0.5) is 24.9 Å². The number of hydrogen-bond acceptors (Lipinski definition) is 7. The largest absolute Gasteiger partial charge is 0.573 e. The van der Waals surface area contributed by atoms with Crippen LogP contribution in [0.5, 0.6) is 5.75 Å². The third kappa shape index (κ3) is 7.22. The number of sulfonamides is 1. The van der Waals surface area contributed by atoms with Crippen LogP contribution in [0.3, 0.4) is 0 Å². The zero-order chi connectivity index (χ0) is 26.6. The van der Waals surface area contributed by atoms with Crippen molar-refractivity contribution >= 4 is 32.7 Å². The fourth-order valence-corrected chi connectivity index (χ4v) is 5.60. The standard InChI is InChI=1S/C25H30F3N5O3S/c1-33(2)23-21-5-3-4-6-22(21)31-24(32-23)29-15-17-7-9-18(10-8-17)16-30-37(34,35)20-13-11-19(12-14-20)36-25(26,27)28/h3-6,11-14,17-18,30H,7-10,15-16H2,1-2H3,(H,29,31,32). The smallest absolute Gasteiger partial charge is 0.406 e. The van der Waals surface area contributed by atoms with Crippen LogP contribution in [0.1, 0.15) is 25.7 Å². The van der Waals surface area contributed by atoms with Crippen molar-refractivity contribution < 1.29 is 26.3 Å². The van der Waals surface area contributed by atoms with E-state index in [2.05, 4.69) is 24.7 Å². The van der Waals surface area contributed by atoms with Crippen molar-refractivity contribution in [3.05, 3.63) is 48.5 Å². The van der Waals surface area contributed by atoms with Crippen LogP contribution in [-0.2, 0) is 10.0 Å². The van der Waals surface area contributed by atoms with Crippen LogP contribution in [-0.4, -0.2) is 51.9 Å². The monoisotopic (exact) mass is 537 g/mol. The SMILES string of the molecule is CN(C)c1nc(NCC2CCC(CNS(=O)(=O)c3ccc(OC(F)(F)F)cc3)CC2)nc2ccccc12. The van der Waals surface area contributed by atoms with Gasteiger partial charge in [0.25, 0.3) is 0 Å². The van der Waals surface area contributed by atoms with Gasteiger partial charge in [0, 0.05) is 32.6 Å². The molecule has 0 radical (unpaired) electrons. The number of hydrogen-bond donors (Lipinski definition) is 2. The molecule has 1 aliphatic rings. The van der Waals surface area contributed by atoms with Crippen molar-refractivity contribution in [2.24, 2.45) is 11.8 Å². The van der Waals surface area contributed by atoms with Gasteiger partial charge in [-0.1, -0.05) is 12.1 Å². The van der Waals surface area contributed by atoms with E-state index in [1.54, 1.807) is 0 Å². The third-order valence-electron chi connectivity index (χ3n) is 6.45. The molecule has 0 atom stereocenters. The summed E-state index contributed by atoms with van der Waals surface area (Å²) < 4.78 is 68.4. The van der Waals surface area contributed by atoms with Gasteiger partial charge in [0.05, 0.1) is 10.4 Å². The summed E-state index contributed by atoms with van der Waals surface area (Å²) in [5.74, 6) is 1.59. The highest BCUT2D eigenvalue weighted by Crippen LogP contribution is 2.30. The van der Waals surface area contributed by atoms with Crippen LogP contribution >= 0.6 is 0 Å². The minimum Gasteiger partial charge on any atom is -0.406 e. The zero-order valence-corrected chi connectivity index (χ0v) is 21.4. The Morgan fingerprint density at radius 1 is 0.946 bits per heavy atom. The lowest BCUT2D eigenvalue weighted by atomic mass is 9.82. The van der Waals surface area contributed by atoms with E-state index in [0.29, 0.717) is 11.9 Å². The van der Waals surface area contributed by atoms with Gasteiger partial charge in [-0.3, -0.25) is 0 Å². The maximum Gasteiger partial charge on any atom is 0.573 e. The maximum absolute atomic E-state index is 12.6. The van der Waals surface area contributed by atoms with E-state index in [0.717, 1.165) is 73.2 Å². The highest BCUT2D eigenvalue weighted by Gasteiger charge is 2.31. The van der Waals surface area contributed by atoms with Gasteiger partial charge in [0.1, 0.15) is 11.6 Å². The second kappa shape index (κ2) is 11.1. The number of alkyl halides is 3. The van der Waals surface area contributed by atoms with Gasteiger partial charge < -0.3 is 15.0 Å².